The number of hydrogen-bond donors (Lipinski definition) is 1. The molecule has 0 bridgehead atoms. The first-order valence-corrected chi connectivity index (χ1v) is 9.46. The Hall–Kier alpha value is -2.40. The van der Waals surface area contributed by atoms with Crippen LogP contribution in [0, 0.1) is 0 Å². The van der Waals surface area contributed by atoms with Gasteiger partial charge in [-0.3, -0.25) is 4.79 Å². The van der Waals surface area contributed by atoms with E-state index in [0.29, 0.717) is 12.4 Å². The largest absolute Gasteiger partial charge is 0.490 e. The number of aromatic nitrogens is 2. The van der Waals surface area contributed by atoms with Gasteiger partial charge >= 0.3 is 0 Å². The van der Waals surface area contributed by atoms with Crippen molar-refractivity contribution in [1.29, 1.82) is 0 Å². The lowest BCUT2D eigenvalue weighted by molar-refractivity contribution is 0.363. The minimum Gasteiger partial charge on any atom is -0.490 e. The number of nitrogens with zero attached hydrogens (tertiary/aromatic N) is 1. The first kappa shape index (κ1) is 16.1. The van der Waals surface area contributed by atoms with E-state index in [-0.39, 0.29) is 5.56 Å². The van der Waals surface area contributed by atoms with E-state index in [9.17, 15) is 4.79 Å². The predicted molar refractivity (Wildman–Crippen MR) is 103 cm³/mol. The molecule has 0 spiro atoms. The summed E-state index contributed by atoms with van der Waals surface area (Å²) in [6, 6.07) is 7.60. The lowest BCUT2D eigenvalue weighted by atomic mass is 10.1. The van der Waals surface area contributed by atoms with Crippen molar-refractivity contribution in [2.75, 3.05) is 6.61 Å². The van der Waals surface area contributed by atoms with E-state index < -0.39 is 0 Å². The Morgan fingerprint density at radius 1 is 1.20 bits per heavy atom. The summed E-state index contributed by atoms with van der Waals surface area (Å²) < 4.78 is 5.50. The van der Waals surface area contributed by atoms with Gasteiger partial charge in [-0.05, 0) is 55.5 Å². The molecule has 0 radical (unpaired) electrons. The maximum absolute atomic E-state index is 12.7. The maximum Gasteiger partial charge on any atom is 0.260 e. The van der Waals surface area contributed by atoms with Crippen molar-refractivity contribution in [2.45, 2.75) is 32.1 Å². The van der Waals surface area contributed by atoms with Crippen LogP contribution in [0.15, 0.2) is 41.7 Å². The van der Waals surface area contributed by atoms with Gasteiger partial charge in [-0.1, -0.05) is 19.1 Å². The average molecular weight is 352 g/mol. The monoisotopic (exact) mass is 352 g/mol. The van der Waals surface area contributed by atoms with Crippen molar-refractivity contribution in [3.05, 3.63) is 57.7 Å². The average Bonchev–Trinajstić information content (AvgIpc) is 2.82. The normalized spacial score (nSPS) is 14.1. The number of benzene rings is 1. The van der Waals surface area contributed by atoms with Crippen LogP contribution in [0.2, 0.25) is 0 Å². The van der Waals surface area contributed by atoms with Gasteiger partial charge in [0.1, 0.15) is 23.0 Å². The fraction of sp³-hybridized carbons (Fsp3) is 0.300. The standard InChI is InChI=1S/C20H20N2O2S/c1-2-12-24-14-10-8-13(9-11-14)18-21-19(23)17-15-6-4-3-5-7-16(15)25-20(17)22-18/h2,8-11H,1,3-7,12H2,(H,21,22,23). The molecule has 5 heteroatoms. The number of ether oxygens (including phenoxy) is 1. The van der Waals surface area contributed by atoms with Gasteiger partial charge in [-0.25, -0.2) is 4.98 Å². The van der Waals surface area contributed by atoms with Crippen LogP contribution < -0.4 is 10.3 Å². The molecule has 1 N–H and O–H groups in total. The van der Waals surface area contributed by atoms with Crippen LogP contribution in [0.25, 0.3) is 21.6 Å². The van der Waals surface area contributed by atoms with Crippen molar-refractivity contribution in [1.82, 2.24) is 9.97 Å². The van der Waals surface area contributed by atoms with Crippen LogP contribution in [0.4, 0.5) is 0 Å². The molecule has 0 saturated carbocycles. The highest BCUT2D eigenvalue weighted by Crippen LogP contribution is 2.33. The molecule has 0 saturated heterocycles. The van der Waals surface area contributed by atoms with Crippen LogP contribution in [0.1, 0.15) is 29.7 Å². The van der Waals surface area contributed by atoms with Crippen LogP contribution >= 0.6 is 11.3 Å². The summed E-state index contributed by atoms with van der Waals surface area (Å²) in [6.07, 6.45) is 7.38. The zero-order valence-electron chi connectivity index (χ0n) is 14.0. The molecular formula is C20H20N2O2S. The lowest BCUT2D eigenvalue weighted by Gasteiger charge is -2.05. The Labute approximate surface area is 150 Å². The Morgan fingerprint density at radius 2 is 2.00 bits per heavy atom. The Morgan fingerprint density at radius 3 is 2.80 bits per heavy atom. The number of fused-ring (bicyclic) bond motifs is 3. The minimum absolute atomic E-state index is 0.0219. The molecule has 0 aliphatic heterocycles. The van der Waals surface area contributed by atoms with Crippen LogP contribution in [-0.2, 0) is 12.8 Å². The SMILES string of the molecule is C=CCOc1ccc(-c2nc3sc4c(c3c(=O)[nH]2)CCCCC4)cc1. The molecule has 1 aliphatic carbocycles. The number of nitrogens with one attached hydrogen (secondary N) is 1. The molecule has 0 amide bonds. The molecule has 0 atom stereocenters. The van der Waals surface area contributed by atoms with Gasteiger partial charge in [0.05, 0.1) is 5.39 Å². The molecule has 4 rings (SSSR count). The van der Waals surface area contributed by atoms with Crippen LogP contribution in [0.5, 0.6) is 5.75 Å². The predicted octanol–water partition coefficient (Wildman–Crippen LogP) is 4.49. The van der Waals surface area contributed by atoms with Crippen molar-refractivity contribution in [3.63, 3.8) is 0 Å². The van der Waals surface area contributed by atoms with Gasteiger partial charge < -0.3 is 9.72 Å². The van der Waals surface area contributed by atoms with Gasteiger partial charge in [0, 0.05) is 10.4 Å². The summed E-state index contributed by atoms with van der Waals surface area (Å²) in [5.74, 6) is 1.39. The number of aromatic amines is 1. The van der Waals surface area contributed by atoms with E-state index in [1.54, 1.807) is 17.4 Å². The fourth-order valence-electron chi connectivity index (χ4n) is 3.34. The number of rotatable bonds is 4. The van der Waals surface area contributed by atoms with Gasteiger partial charge in [0.15, 0.2) is 0 Å². The van der Waals surface area contributed by atoms with E-state index in [1.165, 1.54) is 23.3 Å². The molecule has 0 unspecified atom stereocenters. The Balaban J connectivity index is 1.74. The smallest absolute Gasteiger partial charge is 0.260 e. The second-order valence-corrected chi connectivity index (χ2v) is 7.37. The summed E-state index contributed by atoms with van der Waals surface area (Å²) in [5, 5.41) is 0.802. The number of thiophene rings is 1. The molecule has 25 heavy (non-hydrogen) atoms. The lowest BCUT2D eigenvalue weighted by Crippen LogP contribution is -2.10. The fourth-order valence-corrected chi connectivity index (χ4v) is 4.60. The molecular weight excluding hydrogens is 332 g/mol. The molecule has 1 aliphatic rings. The van der Waals surface area contributed by atoms with Crippen molar-refractivity contribution in [3.8, 4) is 17.1 Å². The highest BCUT2D eigenvalue weighted by atomic mass is 32.1. The molecule has 2 aromatic heterocycles. The summed E-state index contributed by atoms with van der Waals surface area (Å²) in [7, 11) is 0. The third-order valence-electron chi connectivity index (χ3n) is 4.57. The van der Waals surface area contributed by atoms with E-state index in [0.717, 1.165) is 40.8 Å². The summed E-state index contributed by atoms with van der Waals surface area (Å²) in [5.41, 5.74) is 2.09. The topological polar surface area (TPSA) is 55.0 Å². The van der Waals surface area contributed by atoms with Crippen molar-refractivity contribution < 1.29 is 4.74 Å². The Kier molecular flexibility index (Phi) is 4.40. The first-order valence-electron chi connectivity index (χ1n) is 8.65. The van der Waals surface area contributed by atoms with E-state index >= 15 is 0 Å². The van der Waals surface area contributed by atoms with Gasteiger partial charge in [-0.15, -0.1) is 11.3 Å². The zero-order valence-corrected chi connectivity index (χ0v) is 14.8. The zero-order chi connectivity index (χ0) is 17.2. The van der Waals surface area contributed by atoms with Crippen molar-refractivity contribution >= 4 is 21.6 Å². The highest BCUT2D eigenvalue weighted by molar-refractivity contribution is 7.18. The molecule has 128 valence electrons. The molecule has 1 aromatic carbocycles. The van der Waals surface area contributed by atoms with E-state index in [1.807, 2.05) is 24.3 Å². The van der Waals surface area contributed by atoms with E-state index in [2.05, 4.69) is 11.6 Å². The third kappa shape index (κ3) is 3.12. The van der Waals surface area contributed by atoms with Gasteiger partial charge in [-0.2, -0.15) is 0 Å². The highest BCUT2D eigenvalue weighted by Gasteiger charge is 2.19. The number of hydrogen-bond acceptors (Lipinski definition) is 4. The summed E-state index contributed by atoms with van der Waals surface area (Å²) >= 11 is 1.68. The summed E-state index contributed by atoms with van der Waals surface area (Å²) in [6.45, 7) is 4.11. The van der Waals surface area contributed by atoms with Crippen molar-refractivity contribution in [2.24, 2.45) is 0 Å². The quantitative estimate of drug-likeness (QED) is 0.556. The third-order valence-corrected chi connectivity index (χ3v) is 5.76. The minimum atomic E-state index is -0.0219. The Bertz CT molecular complexity index is 970. The van der Waals surface area contributed by atoms with E-state index in [4.69, 9.17) is 9.72 Å². The molecule has 0 fully saturated rings. The second kappa shape index (κ2) is 6.84. The summed E-state index contributed by atoms with van der Waals surface area (Å²) in [4.78, 5) is 22.6. The first-order chi connectivity index (χ1) is 12.3. The molecule has 2 heterocycles. The number of H-pyrrole nitrogens is 1. The van der Waals surface area contributed by atoms with Crippen LogP contribution in [-0.4, -0.2) is 16.6 Å². The second-order valence-electron chi connectivity index (χ2n) is 6.28. The van der Waals surface area contributed by atoms with Crippen LogP contribution in [0.3, 0.4) is 0 Å². The van der Waals surface area contributed by atoms with Gasteiger partial charge in [0.2, 0.25) is 0 Å². The maximum atomic E-state index is 12.7. The molecule has 4 nitrogen and oxygen atoms in total. The van der Waals surface area contributed by atoms with Gasteiger partial charge in [0.25, 0.3) is 5.56 Å². The molecule has 3 aromatic rings. The number of aryl methyl sites for hydroxylation is 2.